The van der Waals surface area contributed by atoms with Crippen molar-refractivity contribution in [3.8, 4) is 11.5 Å². The van der Waals surface area contributed by atoms with Crippen LogP contribution in [0.1, 0.15) is 33.7 Å². The monoisotopic (exact) mass is 321 g/mol. The van der Waals surface area contributed by atoms with E-state index in [1.54, 1.807) is 6.92 Å². The van der Waals surface area contributed by atoms with E-state index in [1.165, 1.54) is 11.3 Å². The van der Waals surface area contributed by atoms with E-state index < -0.39 is 0 Å². The third-order valence-corrected chi connectivity index (χ3v) is 4.79. The molecule has 1 amide bonds. The van der Waals surface area contributed by atoms with Crippen LogP contribution in [0.5, 0.6) is 11.5 Å². The standard InChI is InChI=1S/C14H15N3O4S/c1-8-15-13(21-16-8)9-2-3-17(6-9)14(18)12-11-10(7-22-12)19-4-5-20-11/h7,9H,2-6H2,1H3/t9-/m0/s1. The van der Waals surface area contributed by atoms with Crippen LogP contribution in [0.25, 0.3) is 0 Å². The summed E-state index contributed by atoms with van der Waals surface area (Å²) in [6, 6.07) is 0. The molecule has 7 nitrogen and oxygen atoms in total. The van der Waals surface area contributed by atoms with Crippen LogP contribution < -0.4 is 9.47 Å². The lowest BCUT2D eigenvalue weighted by atomic mass is 10.1. The average molecular weight is 321 g/mol. The van der Waals surface area contributed by atoms with E-state index >= 15 is 0 Å². The Morgan fingerprint density at radius 1 is 1.41 bits per heavy atom. The predicted octanol–water partition coefficient (Wildman–Crippen LogP) is 1.84. The maximum Gasteiger partial charge on any atom is 0.267 e. The maximum absolute atomic E-state index is 12.7. The van der Waals surface area contributed by atoms with Crippen LogP contribution in [0.2, 0.25) is 0 Å². The summed E-state index contributed by atoms with van der Waals surface area (Å²) in [5, 5.41) is 5.64. The van der Waals surface area contributed by atoms with Gasteiger partial charge in [0.05, 0.1) is 5.92 Å². The van der Waals surface area contributed by atoms with Crippen LogP contribution in [0.15, 0.2) is 9.90 Å². The van der Waals surface area contributed by atoms with E-state index in [2.05, 4.69) is 10.1 Å². The van der Waals surface area contributed by atoms with Gasteiger partial charge in [-0.2, -0.15) is 4.98 Å². The number of fused-ring (bicyclic) bond motifs is 1. The number of aryl methyl sites for hydroxylation is 1. The second-order valence-corrected chi connectivity index (χ2v) is 6.25. The molecule has 0 unspecified atom stereocenters. The van der Waals surface area contributed by atoms with Crippen molar-refractivity contribution in [3.63, 3.8) is 0 Å². The number of thiophene rings is 1. The molecule has 2 aromatic heterocycles. The quantitative estimate of drug-likeness (QED) is 0.840. The van der Waals surface area contributed by atoms with Crippen molar-refractivity contribution in [2.75, 3.05) is 26.3 Å². The predicted molar refractivity (Wildman–Crippen MR) is 77.6 cm³/mol. The van der Waals surface area contributed by atoms with Gasteiger partial charge < -0.3 is 18.9 Å². The van der Waals surface area contributed by atoms with Gasteiger partial charge in [0.15, 0.2) is 17.3 Å². The Hall–Kier alpha value is -2.09. The molecule has 2 aliphatic rings. The molecule has 0 spiro atoms. The molecule has 0 radical (unpaired) electrons. The van der Waals surface area contributed by atoms with Gasteiger partial charge in [-0.3, -0.25) is 4.79 Å². The first-order chi connectivity index (χ1) is 10.7. The molecule has 0 saturated carbocycles. The first kappa shape index (κ1) is 13.6. The average Bonchev–Trinajstić information content (AvgIpc) is 3.25. The summed E-state index contributed by atoms with van der Waals surface area (Å²) in [7, 11) is 0. The topological polar surface area (TPSA) is 77.7 Å². The molecule has 22 heavy (non-hydrogen) atoms. The lowest BCUT2D eigenvalue weighted by molar-refractivity contribution is 0.0785. The number of aromatic nitrogens is 2. The van der Waals surface area contributed by atoms with Gasteiger partial charge in [-0.1, -0.05) is 5.16 Å². The highest BCUT2D eigenvalue weighted by molar-refractivity contribution is 7.12. The van der Waals surface area contributed by atoms with Crippen molar-refractivity contribution in [3.05, 3.63) is 22.0 Å². The number of carbonyl (C=O) groups excluding carboxylic acids is 1. The van der Waals surface area contributed by atoms with Gasteiger partial charge in [0, 0.05) is 18.5 Å². The molecule has 2 aliphatic heterocycles. The zero-order chi connectivity index (χ0) is 15.1. The van der Waals surface area contributed by atoms with E-state index in [9.17, 15) is 4.79 Å². The molecule has 0 bridgehead atoms. The molecule has 116 valence electrons. The minimum Gasteiger partial charge on any atom is -0.485 e. The van der Waals surface area contributed by atoms with Crippen molar-refractivity contribution in [2.45, 2.75) is 19.3 Å². The minimum absolute atomic E-state index is 0.0181. The van der Waals surface area contributed by atoms with Crippen molar-refractivity contribution >= 4 is 17.2 Å². The number of ether oxygens (including phenoxy) is 2. The Labute approximate surface area is 130 Å². The molecule has 4 heterocycles. The summed E-state index contributed by atoms with van der Waals surface area (Å²) in [5.74, 6) is 2.58. The molecule has 0 aromatic carbocycles. The second-order valence-electron chi connectivity index (χ2n) is 5.37. The van der Waals surface area contributed by atoms with Gasteiger partial charge in [0.2, 0.25) is 5.89 Å². The molecule has 2 aromatic rings. The number of hydrogen-bond acceptors (Lipinski definition) is 7. The van der Waals surface area contributed by atoms with Crippen LogP contribution >= 0.6 is 11.3 Å². The minimum atomic E-state index is -0.0181. The number of hydrogen-bond donors (Lipinski definition) is 0. The summed E-state index contributed by atoms with van der Waals surface area (Å²) in [6.07, 6.45) is 0.832. The molecule has 1 fully saturated rings. The molecule has 1 atom stereocenters. The Morgan fingerprint density at radius 3 is 3.09 bits per heavy atom. The first-order valence-electron chi connectivity index (χ1n) is 7.19. The largest absolute Gasteiger partial charge is 0.485 e. The summed E-state index contributed by atoms with van der Waals surface area (Å²) in [4.78, 5) is 19.4. The SMILES string of the molecule is Cc1noc([C@H]2CCN(C(=O)c3scc4c3OCCO4)C2)n1. The Bertz CT molecular complexity index is 711. The van der Waals surface area contributed by atoms with Crippen molar-refractivity contribution in [1.82, 2.24) is 15.0 Å². The Morgan fingerprint density at radius 2 is 2.27 bits per heavy atom. The van der Waals surface area contributed by atoms with Crippen molar-refractivity contribution in [2.24, 2.45) is 0 Å². The number of rotatable bonds is 2. The van der Waals surface area contributed by atoms with E-state index in [0.29, 0.717) is 54.4 Å². The first-order valence-corrected chi connectivity index (χ1v) is 8.07. The molecule has 0 aliphatic carbocycles. The zero-order valence-corrected chi connectivity index (χ0v) is 12.9. The van der Waals surface area contributed by atoms with Gasteiger partial charge >= 0.3 is 0 Å². The third-order valence-electron chi connectivity index (χ3n) is 3.86. The van der Waals surface area contributed by atoms with E-state index in [-0.39, 0.29) is 11.8 Å². The molecular formula is C14H15N3O4S. The highest BCUT2D eigenvalue weighted by Gasteiger charge is 2.34. The van der Waals surface area contributed by atoms with Gasteiger partial charge in [-0.05, 0) is 13.3 Å². The fourth-order valence-electron chi connectivity index (χ4n) is 2.78. The Balaban J connectivity index is 1.51. The summed E-state index contributed by atoms with van der Waals surface area (Å²) in [5.41, 5.74) is 0. The molecule has 4 rings (SSSR count). The van der Waals surface area contributed by atoms with E-state index in [4.69, 9.17) is 14.0 Å². The highest BCUT2D eigenvalue weighted by Crippen LogP contribution is 2.40. The summed E-state index contributed by atoms with van der Waals surface area (Å²) < 4.78 is 16.3. The number of nitrogens with zero attached hydrogens (tertiary/aromatic N) is 3. The number of likely N-dealkylation sites (tertiary alicyclic amines) is 1. The van der Waals surface area contributed by atoms with Crippen LogP contribution in [0.3, 0.4) is 0 Å². The normalized spacial score (nSPS) is 20.4. The van der Waals surface area contributed by atoms with Crippen LogP contribution in [0, 0.1) is 6.92 Å². The number of carbonyl (C=O) groups is 1. The fourth-order valence-corrected chi connectivity index (χ4v) is 3.68. The molecular weight excluding hydrogens is 306 g/mol. The molecule has 0 N–H and O–H groups in total. The summed E-state index contributed by atoms with van der Waals surface area (Å²) >= 11 is 1.37. The van der Waals surface area contributed by atoms with Crippen molar-refractivity contribution < 1.29 is 18.8 Å². The van der Waals surface area contributed by atoms with Gasteiger partial charge in [0.25, 0.3) is 5.91 Å². The maximum atomic E-state index is 12.7. The third kappa shape index (κ3) is 2.23. The second kappa shape index (κ2) is 5.28. The number of amides is 1. The van der Waals surface area contributed by atoms with E-state index in [1.807, 2.05) is 10.3 Å². The van der Waals surface area contributed by atoms with Crippen LogP contribution in [0.4, 0.5) is 0 Å². The zero-order valence-electron chi connectivity index (χ0n) is 12.1. The Kier molecular flexibility index (Phi) is 3.25. The van der Waals surface area contributed by atoms with Crippen LogP contribution in [-0.2, 0) is 0 Å². The summed E-state index contributed by atoms with van der Waals surface area (Å²) in [6.45, 7) is 4.07. The van der Waals surface area contributed by atoms with Crippen molar-refractivity contribution in [1.29, 1.82) is 0 Å². The smallest absolute Gasteiger partial charge is 0.267 e. The lowest BCUT2D eigenvalue weighted by Crippen LogP contribution is -2.28. The molecule has 8 heteroatoms. The van der Waals surface area contributed by atoms with E-state index in [0.717, 1.165) is 6.42 Å². The fraction of sp³-hybridized carbons (Fsp3) is 0.500. The lowest BCUT2D eigenvalue weighted by Gasteiger charge is -2.18. The van der Waals surface area contributed by atoms with Gasteiger partial charge in [-0.15, -0.1) is 11.3 Å². The highest BCUT2D eigenvalue weighted by atomic mass is 32.1. The van der Waals surface area contributed by atoms with Gasteiger partial charge in [0.1, 0.15) is 18.1 Å². The molecule has 1 saturated heterocycles. The van der Waals surface area contributed by atoms with Crippen LogP contribution in [-0.4, -0.2) is 47.3 Å². The van der Waals surface area contributed by atoms with Gasteiger partial charge in [-0.25, -0.2) is 0 Å².